The van der Waals surface area contributed by atoms with Crippen LogP contribution in [0.2, 0.25) is 0 Å². The van der Waals surface area contributed by atoms with Gasteiger partial charge in [0, 0.05) is 17.4 Å². The van der Waals surface area contributed by atoms with E-state index in [-0.39, 0.29) is 17.6 Å². The van der Waals surface area contributed by atoms with E-state index in [0.29, 0.717) is 17.6 Å². The van der Waals surface area contributed by atoms with Crippen LogP contribution in [0.25, 0.3) is 0 Å². The molecule has 0 saturated heterocycles. The Bertz CT molecular complexity index is 631. The van der Waals surface area contributed by atoms with Crippen LogP contribution in [-0.2, 0) is 15.3 Å². The van der Waals surface area contributed by atoms with Crippen LogP contribution in [0.3, 0.4) is 0 Å². The van der Waals surface area contributed by atoms with Crippen molar-refractivity contribution in [2.45, 2.75) is 25.0 Å². The third-order valence-electron chi connectivity index (χ3n) is 5.73. The van der Waals surface area contributed by atoms with Gasteiger partial charge in [0.2, 0.25) is 5.91 Å². The van der Waals surface area contributed by atoms with Gasteiger partial charge in [-0.1, -0.05) is 12.1 Å². The van der Waals surface area contributed by atoms with Gasteiger partial charge in [-0.2, -0.15) is 0 Å². The molecule has 1 aromatic rings. The number of thioether (sulfide) groups is 1. The third-order valence-corrected chi connectivity index (χ3v) is 6.72. The van der Waals surface area contributed by atoms with Gasteiger partial charge in [0.25, 0.3) is 0 Å². The van der Waals surface area contributed by atoms with E-state index in [4.69, 9.17) is 5.11 Å². The summed E-state index contributed by atoms with van der Waals surface area (Å²) >= 11 is 1.37. The van der Waals surface area contributed by atoms with Crippen molar-refractivity contribution in [1.82, 2.24) is 0 Å². The minimum absolute atomic E-state index is 0.102. The maximum absolute atomic E-state index is 12.5. The summed E-state index contributed by atoms with van der Waals surface area (Å²) in [6, 6.07) is 7.76. The molecule has 23 heavy (non-hydrogen) atoms. The molecule has 2 N–H and O–H groups in total. The Morgan fingerprint density at radius 3 is 2.65 bits per heavy atom. The average Bonchev–Trinajstić information content (AvgIpc) is 2.96. The number of fused-ring (bicyclic) bond motifs is 5. The number of anilines is 1. The van der Waals surface area contributed by atoms with Crippen LogP contribution >= 0.6 is 11.8 Å². The molecule has 0 aromatic heterocycles. The van der Waals surface area contributed by atoms with E-state index in [1.54, 1.807) is 0 Å². The number of benzene rings is 1. The Balaban J connectivity index is 1.34. The average molecular weight is 331 g/mol. The molecular formula is C18H21NO3S. The number of aliphatic carboxylic acids is 1. The monoisotopic (exact) mass is 331 g/mol. The topological polar surface area (TPSA) is 66.4 Å². The number of hydrogen-bond donors (Lipinski definition) is 2. The molecule has 3 aliphatic rings. The van der Waals surface area contributed by atoms with E-state index in [1.165, 1.54) is 31.0 Å². The van der Waals surface area contributed by atoms with Gasteiger partial charge in [0.05, 0.1) is 5.75 Å². The summed E-state index contributed by atoms with van der Waals surface area (Å²) < 4.78 is 0. The molecular weight excluding hydrogens is 310 g/mol. The van der Waals surface area contributed by atoms with Crippen LogP contribution < -0.4 is 5.32 Å². The second-order valence-corrected chi connectivity index (χ2v) is 8.08. The lowest BCUT2D eigenvalue weighted by Crippen LogP contribution is -2.18. The molecule has 0 heterocycles. The normalized spacial score (nSPS) is 33.3. The molecule has 4 unspecified atom stereocenters. The number of amides is 1. The van der Waals surface area contributed by atoms with Crippen molar-refractivity contribution in [3.05, 3.63) is 29.8 Å². The maximum Gasteiger partial charge on any atom is 0.313 e. The Labute approximate surface area is 140 Å². The van der Waals surface area contributed by atoms with Gasteiger partial charge >= 0.3 is 5.97 Å². The number of carboxylic acids is 1. The zero-order valence-electron chi connectivity index (χ0n) is 12.9. The second-order valence-electron chi connectivity index (χ2n) is 7.09. The molecule has 2 bridgehead atoms. The second kappa shape index (κ2) is 5.86. The summed E-state index contributed by atoms with van der Waals surface area (Å²) in [6.45, 7) is 0. The SMILES string of the molecule is O=C(O)CSCc1cccc(NC(=O)C2C3C4CCC(C4)C23)c1. The minimum atomic E-state index is -0.797. The standard InChI is InChI=1S/C18H21NO3S/c20-14(21)9-23-8-10-2-1-3-13(6-10)19-18(22)17-15-11-4-5-12(7-11)16(15)17/h1-3,6,11-12,15-17H,4-5,7-9H2,(H,19,22)(H,20,21). The number of nitrogens with one attached hydrogen (secondary N) is 1. The summed E-state index contributed by atoms with van der Waals surface area (Å²) in [5, 5.41) is 11.8. The molecule has 0 aliphatic heterocycles. The van der Waals surface area contributed by atoms with E-state index in [0.717, 1.165) is 23.1 Å². The number of carbonyl (C=O) groups is 2. The fourth-order valence-electron chi connectivity index (χ4n) is 4.90. The van der Waals surface area contributed by atoms with Crippen molar-refractivity contribution in [3.8, 4) is 0 Å². The van der Waals surface area contributed by atoms with Crippen molar-refractivity contribution in [3.63, 3.8) is 0 Å². The lowest BCUT2D eigenvalue weighted by Gasteiger charge is -2.10. The Morgan fingerprint density at radius 2 is 1.96 bits per heavy atom. The van der Waals surface area contributed by atoms with Crippen molar-refractivity contribution < 1.29 is 14.7 Å². The van der Waals surface area contributed by atoms with Gasteiger partial charge in [-0.3, -0.25) is 9.59 Å². The van der Waals surface area contributed by atoms with Crippen LogP contribution in [0.5, 0.6) is 0 Å². The van der Waals surface area contributed by atoms with Gasteiger partial charge in [0.15, 0.2) is 0 Å². The Morgan fingerprint density at radius 1 is 1.22 bits per heavy atom. The molecule has 4 rings (SSSR count). The molecule has 0 radical (unpaired) electrons. The highest BCUT2D eigenvalue weighted by Gasteiger charge is 2.67. The van der Waals surface area contributed by atoms with Crippen molar-refractivity contribution in [2.75, 3.05) is 11.1 Å². The molecule has 122 valence electrons. The molecule has 4 nitrogen and oxygen atoms in total. The predicted octanol–water partition coefficient (Wildman–Crippen LogP) is 3.24. The molecule has 4 atom stereocenters. The molecule has 0 spiro atoms. The highest BCUT2D eigenvalue weighted by Crippen LogP contribution is 2.69. The van der Waals surface area contributed by atoms with E-state index in [1.807, 2.05) is 24.3 Å². The van der Waals surface area contributed by atoms with Gasteiger partial charge in [-0.25, -0.2) is 0 Å². The minimum Gasteiger partial charge on any atom is -0.481 e. The first-order chi connectivity index (χ1) is 11.1. The fraction of sp³-hybridized carbons (Fsp3) is 0.556. The van der Waals surface area contributed by atoms with Gasteiger partial charge in [-0.15, -0.1) is 11.8 Å². The zero-order valence-corrected chi connectivity index (χ0v) is 13.7. The van der Waals surface area contributed by atoms with Crippen molar-refractivity contribution >= 4 is 29.3 Å². The highest BCUT2D eigenvalue weighted by atomic mass is 32.2. The first-order valence-electron chi connectivity index (χ1n) is 8.33. The van der Waals surface area contributed by atoms with Gasteiger partial charge in [0.1, 0.15) is 0 Å². The summed E-state index contributed by atoms with van der Waals surface area (Å²) in [6.07, 6.45) is 4.01. The molecule has 1 amide bonds. The predicted molar refractivity (Wildman–Crippen MR) is 90.2 cm³/mol. The number of carboxylic acid groups (broad SMARTS) is 1. The number of hydrogen-bond acceptors (Lipinski definition) is 3. The quantitative estimate of drug-likeness (QED) is 0.840. The van der Waals surface area contributed by atoms with Crippen molar-refractivity contribution in [1.29, 1.82) is 0 Å². The molecule has 3 saturated carbocycles. The van der Waals surface area contributed by atoms with E-state index in [2.05, 4.69) is 5.32 Å². The first kappa shape index (κ1) is 15.1. The van der Waals surface area contributed by atoms with Crippen LogP contribution in [-0.4, -0.2) is 22.7 Å². The zero-order chi connectivity index (χ0) is 16.0. The van der Waals surface area contributed by atoms with Gasteiger partial charge < -0.3 is 10.4 Å². The first-order valence-corrected chi connectivity index (χ1v) is 9.48. The van der Waals surface area contributed by atoms with Gasteiger partial charge in [-0.05, 0) is 60.6 Å². The lowest BCUT2D eigenvalue weighted by molar-refractivity contribution is -0.133. The van der Waals surface area contributed by atoms with Crippen LogP contribution in [0.4, 0.5) is 5.69 Å². The summed E-state index contributed by atoms with van der Waals surface area (Å²) in [4.78, 5) is 23.1. The number of rotatable bonds is 6. The van der Waals surface area contributed by atoms with E-state index < -0.39 is 5.97 Å². The van der Waals surface area contributed by atoms with Crippen LogP contribution in [0.1, 0.15) is 24.8 Å². The molecule has 3 fully saturated rings. The molecule has 3 aliphatic carbocycles. The highest BCUT2D eigenvalue weighted by molar-refractivity contribution is 7.99. The van der Waals surface area contributed by atoms with E-state index in [9.17, 15) is 9.59 Å². The van der Waals surface area contributed by atoms with Crippen LogP contribution in [0.15, 0.2) is 24.3 Å². The Kier molecular flexibility index (Phi) is 3.84. The Hall–Kier alpha value is -1.49. The maximum atomic E-state index is 12.5. The smallest absolute Gasteiger partial charge is 0.313 e. The number of carbonyl (C=O) groups excluding carboxylic acids is 1. The third kappa shape index (κ3) is 2.87. The van der Waals surface area contributed by atoms with Crippen LogP contribution in [0, 0.1) is 29.6 Å². The summed E-state index contributed by atoms with van der Waals surface area (Å²) in [5.41, 5.74) is 1.88. The summed E-state index contributed by atoms with van der Waals surface area (Å²) in [5.74, 6) is 3.30. The molecule has 1 aromatic carbocycles. The fourth-order valence-corrected chi connectivity index (χ4v) is 5.59. The van der Waals surface area contributed by atoms with E-state index >= 15 is 0 Å². The van der Waals surface area contributed by atoms with Crippen molar-refractivity contribution in [2.24, 2.45) is 29.6 Å². The largest absolute Gasteiger partial charge is 0.481 e. The summed E-state index contributed by atoms with van der Waals surface area (Å²) in [7, 11) is 0. The lowest BCUT2D eigenvalue weighted by atomic mass is 10.0. The molecule has 5 heteroatoms.